The zero-order valence-electron chi connectivity index (χ0n) is 15.7. The number of carbonyl (C=O) groups is 2. The van der Waals surface area contributed by atoms with E-state index in [1.54, 1.807) is 38.3 Å². The van der Waals surface area contributed by atoms with Crippen LogP contribution in [0.5, 0.6) is 5.75 Å². The molecule has 3 N–H and O–H groups in total. The van der Waals surface area contributed by atoms with Crippen LogP contribution in [0, 0.1) is 0 Å². The van der Waals surface area contributed by atoms with Crippen molar-refractivity contribution in [2.24, 2.45) is 4.99 Å². The number of benzene rings is 2. The number of hydrogen-bond donors (Lipinski definition) is 3. The van der Waals surface area contributed by atoms with Gasteiger partial charge in [0.25, 0.3) is 0 Å². The van der Waals surface area contributed by atoms with Crippen LogP contribution in [0.2, 0.25) is 0 Å². The van der Waals surface area contributed by atoms with Gasteiger partial charge in [0, 0.05) is 29.8 Å². The lowest BCUT2D eigenvalue weighted by Gasteiger charge is -2.15. The molecule has 0 fully saturated rings. The van der Waals surface area contributed by atoms with Crippen LogP contribution in [0.25, 0.3) is 5.57 Å². The largest absolute Gasteiger partial charge is 0.508 e. The van der Waals surface area contributed by atoms with Crippen molar-refractivity contribution in [1.29, 1.82) is 0 Å². The Labute approximate surface area is 163 Å². The van der Waals surface area contributed by atoms with Crippen LogP contribution >= 0.6 is 0 Å². The summed E-state index contributed by atoms with van der Waals surface area (Å²) < 4.78 is 0. The zero-order valence-corrected chi connectivity index (χ0v) is 15.7. The van der Waals surface area contributed by atoms with Crippen LogP contribution < -0.4 is 5.32 Å². The first-order valence-corrected chi connectivity index (χ1v) is 8.70. The number of carboxylic acids is 1. The number of amides is 1. The molecule has 0 spiro atoms. The van der Waals surface area contributed by atoms with Crippen LogP contribution in [0.4, 0.5) is 5.69 Å². The van der Waals surface area contributed by atoms with Gasteiger partial charge in [-0.25, -0.2) is 4.79 Å². The Morgan fingerprint density at radius 1 is 1.11 bits per heavy atom. The standard InChI is InChI=1S/C22H22N2O4/c1-3-23-14-16(9-10-21(26)27)18-11-17(12-20(25)13-18)15(2)22(28)24-19-7-5-4-6-8-19/h3-15,25H,1-2H3,(H,24,28)(H,26,27)/b10-9+,16-14+,23-3?. The first kappa shape index (κ1) is 20.6. The van der Waals surface area contributed by atoms with Crippen LogP contribution in [0.1, 0.15) is 30.9 Å². The van der Waals surface area contributed by atoms with Crippen LogP contribution in [0.3, 0.4) is 0 Å². The zero-order chi connectivity index (χ0) is 20.5. The molecule has 1 amide bonds. The SMILES string of the molecule is CC=N/C=C(\C=C\C(=O)O)c1cc(O)cc(C(C)C(=O)Nc2ccccc2)c1. The minimum Gasteiger partial charge on any atom is -0.508 e. The second kappa shape index (κ2) is 9.87. The van der Waals surface area contributed by atoms with Gasteiger partial charge in [0.2, 0.25) is 5.91 Å². The maximum absolute atomic E-state index is 12.6. The Balaban J connectivity index is 2.34. The monoisotopic (exact) mass is 378 g/mol. The third-order valence-corrected chi connectivity index (χ3v) is 3.98. The highest BCUT2D eigenvalue weighted by Gasteiger charge is 2.17. The van der Waals surface area contributed by atoms with Crippen LogP contribution in [0.15, 0.2) is 71.9 Å². The molecule has 2 rings (SSSR count). The van der Waals surface area contributed by atoms with Crippen molar-refractivity contribution in [3.8, 4) is 5.75 Å². The number of nitrogens with zero attached hydrogens (tertiary/aromatic N) is 1. The van der Waals surface area contributed by atoms with Crippen molar-refractivity contribution < 1.29 is 19.8 Å². The summed E-state index contributed by atoms with van der Waals surface area (Å²) in [5.74, 6) is -1.88. The van der Waals surface area contributed by atoms with Gasteiger partial charge in [-0.1, -0.05) is 24.3 Å². The molecule has 6 heteroatoms. The first-order chi connectivity index (χ1) is 13.4. The summed E-state index contributed by atoms with van der Waals surface area (Å²) in [6, 6.07) is 13.8. The van der Waals surface area contributed by atoms with Crippen LogP contribution in [-0.2, 0) is 9.59 Å². The number of phenolic OH excluding ortho intramolecular Hbond substituents is 1. The van der Waals surface area contributed by atoms with E-state index in [0.717, 1.165) is 6.08 Å². The Morgan fingerprint density at radius 2 is 1.82 bits per heavy atom. The van der Waals surface area contributed by atoms with E-state index in [2.05, 4.69) is 10.3 Å². The van der Waals surface area contributed by atoms with E-state index in [9.17, 15) is 14.7 Å². The topological polar surface area (TPSA) is 99.0 Å². The Hall–Kier alpha value is -3.67. The molecule has 0 bridgehead atoms. The molecule has 0 aromatic heterocycles. The lowest BCUT2D eigenvalue weighted by molar-refractivity contribution is -0.131. The molecule has 1 atom stereocenters. The van der Waals surface area contributed by atoms with Gasteiger partial charge in [-0.15, -0.1) is 0 Å². The van der Waals surface area contributed by atoms with E-state index < -0.39 is 11.9 Å². The number of allylic oxidation sites excluding steroid dienone is 2. The average molecular weight is 378 g/mol. The molecule has 0 aliphatic heterocycles. The van der Waals surface area contributed by atoms with Gasteiger partial charge in [-0.05, 0) is 55.3 Å². The van der Waals surface area contributed by atoms with Crippen molar-refractivity contribution in [3.63, 3.8) is 0 Å². The van der Waals surface area contributed by atoms with E-state index in [-0.39, 0.29) is 11.7 Å². The van der Waals surface area contributed by atoms with E-state index in [1.165, 1.54) is 24.4 Å². The molecule has 0 aliphatic rings. The van der Waals surface area contributed by atoms with Gasteiger partial charge in [0.1, 0.15) is 5.75 Å². The molecule has 144 valence electrons. The fourth-order valence-electron chi connectivity index (χ4n) is 2.50. The van der Waals surface area contributed by atoms with E-state index >= 15 is 0 Å². The Bertz CT molecular complexity index is 931. The molecule has 2 aromatic carbocycles. The summed E-state index contributed by atoms with van der Waals surface area (Å²) >= 11 is 0. The maximum atomic E-state index is 12.6. The summed E-state index contributed by atoms with van der Waals surface area (Å²) in [4.78, 5) is 27.5. The van der Waals surface area contributed by atoms with E-state index in [1.807, 2.05) is 18.2 Å². The van der Waals surface area contributed by atoms with Crippen molar-refractivity contribution in [2.75, 3.05) is 5.32 Å². The van der Waals surface area contributed by atoms with E-state index in [4.69, 9.17) is 5.11 Å². The minimum absolute atomic E-state index is 0.0260. The van der Waals surface area contributed by atoms with Gasteiger partial charge >= 0.3 is 5.97 Å². The number of aliphatic carboxylic acids is 1. The van der Waals surface area contributed by atoms with E-state index in [0.29, 0.717) is 22.4 Å². The molecule has 0 saturated heterocycles. The molecule has 28 heavy (non-hydrogen) atoms. The fourth-order valence-corrected chi connectivity index (χ4v) is 2.50. The molecule has 0 radical (unpaired) electrons. The molecule has 6 nitrogen and oxygen atoms in total. The second-order valence-corrected chi connectivity index (χ2v) is 6.05. The fraction of sp³-hybridized carbons (Fsp3) is 0.136. The summed E-state index contributed by atoms with van der Waals surface area (Å²) in [6.07, 6.45) is 5.44. The highest BCUT2D eigenvalue weighted by molar-refractivity contribution is 5.96. The lowest BCUT2D eigenvalue weighted by Crippen LogP contribution is -2.18. The van der Waals surface area contributed by atoms with Crippen LogP contribution in [-0.4, -0.2) is 28.3 Å². The number of anilines is 1. The number of phenols is 1. The number of aliphatic imine (C=N–C) groups is 1. The number of aromatic hydroxyl groups is 1. The highest BCUT2D eigenvalue weighted by Crippen LogP contribution is 2.28. The van der Waals surface area contributed by atoms with Gasteiger partial charge < -0.3 is 15.5 Å². The van der Waals surface area contributed by atoms with Crippen molar-refractivity contribution in [3.05, 3.63) is 78.0 Å². The Kier molecular flexibility index (Phi) is 7.28. The third kappa shape index (κ3) is 5.95. The molecule has 0 heterocycles. The number of nitrogens with one attached hydrogen (secondary N) is 1. The van der Waals surface area contributed by atoms with Gasteiger partial charge in [-0.3, -0.25) is 9.79 Å². The van der Waals surface area contributed by atoms with Crippen molar-refractivity contribution in [2.45, 2.75) is 19.8 Å². The van der Waals surface area contributed by atoms with Gasteiger partial charge in [-0.2, -0.15) is 0 Å². The first-order valence-electron chi connectivity index (χ1n) is 8.70. The third-order valence-electron chi connectivity index (χ3n) is 3.98. The van der Waals surface area contributed by atoms with Gasteiger partial charge in [0.05, 0.1) is 5.92 Å². The molecule has 1 unspecified atom stereocenters. The molecular formula is C22H22N2O4. The minimum atomic E-state index is -1.10. The summed E-state index contributed by atoms with van der Waals surface area (Å²) in [5.41, 5.74) is 2.33. The quantitative estimate of drug-likeness (QED) is 0.382. The number of hydrogen-bond acceptors (Lipinski definition) is 4. The average Bonchev–Trinajstić information content (AvgIpc) is 2.67. The normalized spacial score (nSPS) is 13.0. The second-order valence-electron chi connectivity index (χ2n) is 6.05. The summed E-state index contributed by atoms with van der Waals surface area (Å²) in [6.45, 7) is 3.47. The smallest absolute Gasteiger partial charge is 0.328 e. The maximum Gasteiger partial charge on any atom is 0.328 e. The predicted molar refractivity (Wildman–Crippen MR) is 111 cm³/mol. The van der Waals surface area contributed by atoms with Crippen molar-refractivity contribution >= 4 is 29.4 Å². The number of carboxylic acid groups (broad SMARTS) is 1. The van der Waals surface area contributed by atoms with Gasteiger partial charge in [0.15, 0.2) is 0 Å². The molecule has 0 aliphatic carbocycles. The highest BCUT2D eigenvalue weighted by atomic mass is 16.4. The Morgan fingerprint density at radius 3 is 2.46 bits per heavy atom. The molecular weight excluding hydrogens is 356 g/mol. The lowest BCUT2D eigenvalue weighted by atomic mass is 9.95. The number of rotatable bonds is 7. The molecule has 0 saturated carbocycles. The molecule has 2 aromatic rings. The van der Waals surface area contributed by atoms with Crippen molar-refractivity contribution in [1.82, 2.24) is 0 Å². The number of para-hydroxylation sites is 1. The number of carbonyl (C=O) groups excluding carboxylic acids is 1. The predicted octanol–water partition coefficient (Wildman–Crippen LogP) is 4.21. The summed E-state index contributed by atoms with van der Waals surface area (Å²) in [5, 5.41) is 21.9. The summed E-state index contributed by atoms with van der Waals surface area (Å²) in [7, 11) is 0.